The Kier molecular flexibility index (Phi) is 3.60. The lowest BCUT2D eigenvalue weighted by Gasteiger charge is -2.14. The number of aryl methyl sites for hydroxylation is 1. The van der Waals surface area contributed by atoms with Crippen LogP contribution < -0.4 is 16.8 Å². The molecule has 0 bridgehead atoms. The fourth-order valence-electron chi connectivity index (χ4n) is 1.78. The molecule has 0 aliphatic heterocycles. The molecule has 106 valence electrons. The summed E-state index contributed by atoms with van der Waals surface area (Å²) in [7, 11) is 0. The lowest BCUT2D eigenvalue weighted by Crippen LogP contribution is -2.15. The van der Waals surface area contributed by atoms with Crippen molar-refractivity contribution in [3.8, 4) is 0 Å². The fraction of sp³-hybridized carbons (Fsp3) is 0.231. The van der Waals surface area contributed by atoms with Crippen LogP contribution in [0.15, 0.2) is 22.7 Å². The highest BCUT2D eigenvalue weighted by Gasteiger charge is 2.16. The van der Waals surface area contributed by atoms with E-state index in [1.807, 2.05) is 0 Å². The van der Waals surface area contributed by atoms with Crippen LogP contribution >= 0.6 is 0 Å². The number of carbonyl (C=O) groups excluding carboxylic acids is 1. The summed E-state index contributed by atoms with van der Waals surface area (Å²) in [5.74, 6) is -0.226. The molecule has 5 N–H and O–H groups in total. The van der Waals surface area contributed by atoms with E-state index in [0.717, 1.165) is 6.07 Å². The van der Waals surface area contributed by atoms with Gasteiger partial charge in [-0.25, -0.2) is 9.37 Å². The second-order valence-electron chi connectivity index (χ2n) is 4.46. The summed E-state index contributed by atoms with van der Waals surface area (Å²) >= 11 is 0. The van der Waals surface area contributed by atoms with Gasteiger partial charge in [0.05, 0.1) is 17.4 Å². The van der Waals surface area contributed by atoms with Crippen LogP contribution in [-0.4, -0.2) is 10.9 Å². The number of nitrogen functional groups attached to an aromatic ring is 1. The third kappa shape index (κ3) is 2.71. The minimum Gasteiger partial charge on any atom is -0.444 e. The first-order chi connectivity index (χ1) is 9.38. The Morgan fingerprint density at radius 3 is 2.75 bits per heavy atom. The van der Waals surface area contributed by atoms with Gasteiger partial charge in [0, 0.05) is 5.69 Å². The van der Waals surface area contributed by atoms with Gasteiger partial charge in [0.2, 0.25) is 5.89 Å². The van der Waals surface area contributed by atoms with E-state index < -0.39 is 11.7 Å². The number of aromatic nitrogens is 1. The Labute approximate surface area is 115 Å². The molecule has 0 radical (unpaired) electrons. The van der Waals surface area contributed by atoms with E-state index in [2.05, 4.69) is 10.3 Å². The quantitative estimate of drug-likeness (QED) is 0.741. The predicted molar refractivity (Wildman–Crippen MR) is 72.6 cm³/mol. The Bertz CT molecular complexity index is 654. The lowest BCUT2D eigenvalue weighted by atomic mass is 10.1. The van der Waals surface area contributed by atoms with Gasteiger partial charge in [0.1, 0.15) is 17.6 Å². The molecule has 2 aromatic rings. The molecule has 0 fully saturated rings. The molecule has 6 nitrogen and oxygen atoms in total. The Morgan fingerprint density at radius 2 is 2.20 bits per heavy atom. The van der Waals surface area contributed by atoms with Crippen molar-refractivity contribution in [2.75, 3.05) is 11.1 Å². The summed E-state index contributed by atoms with van der Waals surface area (Å²) in [6.45, 7) is 3.52. The van der Waals surface area contributed by atoms with Gasteiger partial charge in [-0.1, -0.05) is 0 Å². The standard InChI is InChI=1S/C13H15FN4O2/c1-6-5-17-13(20-6)7(2)18-11-3-8(12(16)19)10(15)4-9(11)14/h3-5,7,18H,15H2,1-2H3,(H2,16,19). The third-order valence-corrected chi connectivity index (χ3v) is 2.79. The molecule has 1 aromatic carbocycles. The number of carbonyl (C=O) groups is 1. The number of halogens is 1. The van der Waals surface area contributed by atoms with Crippen molar-refractivity contribution in [1.29, 1.82) is 0 Å². The van der Waals surface area contributed by atoms with E-state index in [9.17, 15) is 9.18 Å². The van der Waals surface area contributed by atoms with Gasteiger partial charge < -0.3 is 21.2 Å². The predicted octanol–water partition coefficient (Wildman–Crippen LogP) is 1.98. The molecule has 0 saturated carbocycles. The average molecular weight is 278 g/mol. The molecule has 1 amide bonds. The number of benzene rings is 1. The number of rotatable bonds is 4. The SMILES string of the molecule is Cc1cnc(C(C)Nc2cc(C(N)=O)c(N)cc2F)o1. The van der Waals surface area contributed by atoms with Crippen molar-refractivity contribution in [3.05, 3.63) is 41.4 Å². The molecule has 1 atom stereocenters. The maximum Gasteiger partial charge on any atom is 0.250 e. The van der Waals surface area contributed by atoms with Crippen molar-refractivity contribution < 1.29 is 13.6 Å². The minimum atomic E-state index is -0.717. The van der Waals surface area contributed by atoms with Crippen molar-refractivity contribution in [1.82, 2.24) is 4.98 Å². The molecule has 1 heterocycles. The normalized spacial score (nSPS) is 12.2. The molecule has 0 aliphatic carbocycles. The molecule has 1 unspecified atom stereocenters. The monoisotopic (exact) mass is 278 g/mol. The van der Waals surface area contributed by atoms with Crippen molar-refractivity contribution in [2.24, 2.45) is 5.73 Å². The summed E-state index contributed by atoms with van der Waals surface area (Å²) in [4.78, 5) is 15.3. The van der Waals surface area contributed by atoms with E-state index in [4.69, 9.17) is 15.9 Å². The summed E-state index contributed by atoms with van der Waals surface area (Å²) < 4.78 is 19.2. The van der Waals surface area contributed by atoms with Gasteiger partial charge in [-0.05, 0) is 26.0 Å². The zero-order valence-corrected chi connectivity index (χ0v) is 11.1. The molecule has 7 heteroatoms. The van der Waals surface area contributed by atoms with Crippen molar-refractivity contribution >= 4 is 17.3 Å². The number of nitrogens with two attached hydrogens (primary N) is 2. The largest absolute Gasteiger partial charge is 0.444 e. The zero-order valence-electron chi connectivity index (χ0n) is 11.1. The van der Waals surface area contributed by atoms with E-state index in [0.29, 0.717) is 11.7 Å². The van der Waals surface area contributed by atoms with Crippen LogP contribution in [0.2, 0.25) is 0 Å². The molecule has 0 saturated heterocycles. The highest BCUT2D eigenvalue weighted by Crippen LogP contribution is 2.25. The number of oxazole rings is 1. The first kappa shape index (κ1) is 13.9. The third-order valence-electron chi connectivity index (χ3n) is 2.79. The second-order valence-corrected chi connectivity index (χ2v) is 4.46. The average Bonchev–Trinajstić information content (AvgIpc) is 2.79. The molecule has 0 aliphatic rings. The van der Waals surface area contributed by atoms with E-state index in [1.54, 1.807) is 20.0 Å². The number of hydrogen-bond donors (Lipinski definition) is 3. The van der Waals surface area contributed by atoms with Crippen molar-refractivity contribution in [3.63, 3.8) is 0 Å². The van der Waals surface area contributed by atoms with Gasteiger partial charge in [0.25, 0.3) is 5.91 Å². The number of amides is 1. The van der Waals surface area contributed by atoms with Crippen LogP contribution in [0.3, 0.4) is 0 Å². The Balaban J connectivity index is 2.29. The van der Waals surface area contributed by atoms with Gasteiger partial charge in [-0.15, -0.1) is 0 Å². The van der Waals surface area contributed by atoms with Crippen LogP contribution in [0.4, 0.5) is 15.8 Å². The first-order valence-electron chi connectivity index (χ1n) is 5.96. The summed E-state index contributed by atoms with van der Waals surface area (Å²) in [5, 5.41) is 2.87. The topological polar surface area (TPSA) is 107 Å². The number of nitrogens with zero attached hydrogens (tertiary/aromatic N) is 1. The van der Waals surface area contributed by atoms with E-state index >= 15 is 0 Å². The first-order valence-corrected chi connectivity index (χ1v) is 5.96. The van der Waals surface area contributed by atoms with Gasteiger partial charge in [-0.2, -0.15) is 0 Å². The molecule has 2 rings (SSSR count). The number of primary amides is 1. The number of anilines is 2. The van der Waals surface area contributed by atoms with E-state index in [1.165, 1.54) is 6.07 Å². The second kappa shape index (κ2) is 5.20. The fourth-order valence-corrected chi connectivity index (χ4v) is 1.78. The summed E-state index contributed by atoms with van der Waals surface area (Å²) in [6, 6.07) is 1.96. The maximum absolute atomic E-state index is 13.8. The van der Waals surface area contributed by atoms with Crippen LogP contribution in [0.5, 0.6) is 0 Å². The minimum absolute atomic E-state index is 0.000158. The number of hydrogen-bond acceptors (Lipinski definition) is 5. The molecule has 20 heavy (non-hydrogen) atoms. The molecular weight excluding hydrogens is 263 g/mol. The van der Waals surface area contributed by atoms with Gasteiger partial charge >= 0.3 is 0 Å². The van der Waals surface area contributed by atoms with Crippen molar-refractivity contribution in [2.45, 2.75) is 19.9 Å². The Hall–Kier alpha value is -2.57. The van der Waals surface area contributed by atoms with Crippen LogP contribution in [-0.2, 0) is 0 Å². The molecule has 1 aromatic heterocycles. The highest BCUT2D eigenvalue weighted by molar-refractivity contribution is 5.99. The van der Waals surface area contributed by atoms with Crippen LogP contribution in [0.1, 0.15) is 35.0 Å². The lowest BCUT2D eigenvalue weighted by molar-refractivity contribution is 0.100. The van der Waals surface area contributed by atoms with Gasteiger partial charge in [-0.3, -0.25) is 4.79 Å². The van der Waals surface area contributed by atoms with E-state index in [-0.39, 0.29) is 23.0 Å². The molecule has 0 spiro atoms. The highest BCUT2D eigenvalue weighted by atomic mass is 19.1. The summed E-state index contributed by atoms with van der Waals surface area (Å²) in [5.41, 5.74) is 10.9. The smallest absolute Gasteiger partial charge is 0.250 e. The zero-order chi connectivity index (χ0) is 14.9. The molecular formula is C13H15FN4O2. The summed E-state index contributed by atoms with van der Waals surface area (Å²) in [6.07, 6.45) is 1.57. The van der Waals surface area contributed by atoms with Gasteiger partial charge in [0.15, 0.2) is 0 Å². The van der Waals surface area contributed by atoms with Crippen LogP contribution in [0.25, 0.3) is 0 Å². The Morgan fingerprint density at radius 1 is 1.50 bits per heavy atom. The van der Waals surface area contributed by atoms with Crippen LogP contribution in [0, 0.1) is 12.7 Å². The maximum atomic E-state index is 13.8. The number of nitrogens with one attached hydrogen (secondary N) is 1.